The van der Waals surface area contributed by atoms with Crippen LogP contribution < -0.4 is 5.32 Å². The minimum absolute atomic E-state index is 0.0424. The van der Waals surface area contributed by atoms with Crippen LogP contribution in [0, 0.1) is 12.3 Å². The Bertz CT molecular complexity index is 833. The van der Waals surface area contributed by atoms with Crippen molar-refractivity contribution in [2.75, 3.05) is 5.32 Å². The summed E-state index contributed by atoms with van der Waals surface area (Å²) in [6.45, 7) is 13.5. The monoisotopic (exact) mass is 324 g/mol. The topological polar surface area (TPSA) is 45.1 Å². The van der Waals surface area contributed by atoms with E-state index >= 15 is 0 Å². The third-order valence-corrected chi connectivity index (χ3v) is 4.05. The molecule has 4 heteroatoms. The summed E-state index contributed by atoms with van der Waals surface area (Å²) in [4.78, 5) is 8.13. The summed E-state index contributed by atoms with van der Waals surface area (Å²) in [5.74, 6) is 1.05. The van der Waals surface area contributed by atoms with Crippen molar-refractivity contribution in [3.05, 3.63) is 42.2 Å². The molecule has 24 heavy (non-hydrogen) atoms. The van der Waals surface area contributed by atoms with Crippen LogP contribution in [-0.2, 0) is 0 Å². The van der Waals surface area contributed by atoms with E-state index in [1.54, 1.807) is 0 Å². The highest BCUT2D eigenvalue weighted by Gasteiger charge is 2.28. The van der Waals surface area contributed by atoms with Crippen LogP contribution >= 0.6 is 0 Å². The van der Waals surface area contributed by atoms with E-state index < -0.39 is 0 Å². The Balaban J connectivity index is 2.11. The van der Waals surface area contributed by atoms with Crippen LogP contribution in [0.5, 0.6) is 0 Å². The van der Waals surface area contributed by atoms with Gasteiger partial charge < -0.3 is 10.3 Å². The van der Waals surface area contributed by atoms with Crippen molar-refractivity contribution in [3.8, 4) is 11.4 Å². The fraction of sp³-hybridized carbons (Fsp3) is 0.450. The van der Waals surface area contributed by atoms with Gasteiger partial charge in [0.25, 0.3) is 0 Å². The van der Waals surface area contributed by atoms with Gasteiger partial charge in [0.15, 0.2) is 0 Å². The predicted octanol–water partition coefficient (Wildman–Crippen LogP) is 5.26. The Kier molecular flexibility index (Phi) is 3.94. The van der Waals surface area contributed by atoms with Crippen molar-refractivity contribution >= 4 is 11.5 Å². The second kappa shape index (κ2) is 5.69. The van der Waals surface area contributed by atoms with Crippen molar-refractivity contribution in [1.82, 2.24) is 14.4 Å². The molecule has 3 aromatic rings. The second-order valence-electron chi connectivity index (χ2n) is 8.57. The second-order valence-corrected chi connectivity index (χ2v) is 8.57. The fourth-order valence-corrected chi connectivity index (χ4v) is 3.63. The first-order valence-electron chi connectivity index (χ1n) is 8.55. The van der Waals surface area contributed by atoms with Gasteiger partial charge in [-0.2, -0.15) is 0 Å². The van der Waals surface area contributed by atoms with Gasteiger partial charge in [-0.3, -0.25) is 4.40 Å². The summed E-state index contributed by atoms with van der Waals surface area (Å²) >= 11 is 0. The first kappa shape index (κ1) is 16.6. The number of hydrogen-bond acceptors (Lipinski definition) is 2. The third-order valence-electron chi connectivity index (χ3n) is 4.05. The lowest BCUT2D eigenvalue weighted by molar-refractivity contribution is 0.302. The Morgan fingerprint density at radius 3 is 2.50 bits per heavy atom. The van der Waals surface area contributed by atoms with E-state index in [9.17, 15) is 0 Å². The van der Waals surface area contributed by atoms with Crippen molar-refractivity contribution in [2.24, 2.45) is 5.41 Å². The normalized spacial score (nSPS) is 12.8. The molecule has 0 amide bonds. The van der Waals surface area contributed by atoms with Crippen molar-refractivity contribution < 1.29 is 0 Å². The zero-order valence-corrected chi connectivity index (χ0v) is 15.6. The molecule has 128 valence electrons. The van der Waals surface area contributed by atoms with Crippen LogP contribution in [0.15, 0.2) is 36.7 Å². The first-order valence-corrected chi connectivity index (χ1v) is 8.55. The van der Waals surface area contributed by atoms with Gasteiger partial charge >= 0.3 is 0 Å². The van der Waals surface area contributed by atoms with Crippen LogP contribution in [0.25, 0.3) is 17.0 Å². The number of imidazole rings is 1. The number of nitrogens with one attached hydrogen (secondary N) is 2. The number of nitrogens with zero attached hydrogens (tertiary/aromatic N) is 2. The number of aromatic nitrogens is 3. The average Bonchev–Trinajstić information content (AvgIpc) is 3.04. The maximum absolute atomic E-state index is 4.85. The predicted molar refractivity (Wildman–Crippen MR) is 101 cm³/mol. The summed E-state index contributed by atoms with van der Waals surface area (Å²) in [7, 11) is 0. The molecule has 0 saturated heterocycles. The van der Waals surface area contributed by atoms with E-state index in [1.165, 1.54) is 5.56 Å². The van der Waals surface area contributed by atoms with Crippen LogP contribution in [0.4, 0.5) is 5.82 Å². The number of anilines is 1. The lowest BCUT2D eigenvalue weighted by Gasteiger charge is -2.34. The minimum Gasteiger partial charge on any atom is -0.364 e. The summed E-state index contributed by atoms with van der Waals surface area (Å²) in [6.07, 6.45) is 5.14. The van der Waals surface area contributed by atoms with Gasteiger partial charge in [0.2, 0.25) is 0 Å². The number of aryl methyl sites for hydroxylation is 1. The molecule has 0 fully saturated rings. The van der Waals surface area contributed by atoms with E-state index in [0.29, 0.717) is 0 Å². The number of pyridine rings is 1. The van der Waals surface area contributed by atoms with Crippen LogP contribution in [0.2, 0.25) is 0 Å². The summed E-state index contributed by atoms with van der Waals surface area (Å²) in [6, 6.07) is 8.25. The van der Waals surface area contributed by atoms with E-state index in [0.717, 1.165) is 29.3 Å². The van der Waals surface area contributed by atoms with Crippen molar-refractivity contribution in [1.29, 1.82) is 0 Å². The van der Waals surface area contributed by atoms with Gasteiger partial charge in [0, 0.05) is 17.9 Å². The van der Waals surface area contributed by atoms with Gasteiger partial charge in [-0.15, -0.1) is 0 Å². The zero-order valence-electron chi connectivity index (χ0n) is 15.6. The maximum Gasteiger partial charge on any atom is 0.140 e. The molecular formula is C20H28N4. The molecule has 3 aromatic heterocycles. The van der Waals surface area contributed by atoms with E-state index in [-0.39, 0.29) is 11.0 Å². The SMILES string of the molecule is Cc1ccc2nc(-c3ccc[nH]3)c(NC(C)(C)CC(C)(C)C)n2c1. The number of fused-ring (bicyclic) bond motifs is 1. The number of aromatic amines is 1. The molecule has 0 radical (unpaired) electrons. The molecule has 0 atom stereocenters. The van der Waals surface area contributed by atoms with Crippen LogP contribution in [-0.4, -0.2) is 19.9 Å². The van der Waals surface area contributed by atoms with Crippen LogP contribution in [0.3, 0.4) is 0 Å². The molecule has 2 N–H and O–H groups in total. The smallest absolute Gasteiger partial charge is 0.140 e. The minimum atomic E-state index is -0.0424. The summed E-state index contributed by atoms with van der Waals surface area (Å²) in [5.41, 5.74) is 4.38. The van der Waals surface area contributed by atoms with E-state index in [1.807, 2.05) is 12.3 Å². The van der Waals surface area contributed by atoms with Crippen molar-refractivity contribution in [2.45, 2.75) is 53.5 Å². The molecule has 0 unspecified atom stereocenters. The number of hydrogen-bond donors (Lipinski definition) is 2. The van der Waals surface area contributed by atoms with E-state index in [2.05, 4.69) is 80.6 Å². The maximum atomic E-state index is 4.85. The molecule has 0 spiro atoms. The molecule has 0 aromatic carbocycles. The van der Waals surface area contributed by atoms with Gasteiger partial charge in [0.05, 0.1) is 5.69 Å². The first-order chi connectivity index (χ1) is 11.1. The molecule has 3 rings (SSSR count). The summed E-state index contributed by atoms with van der Waals surface area (Å²) < 4.78 is 2.16. The molecule has 0 saturated carbocycles. The molecule has 0 aliphatic heterocycles. The molecular weight excluding hydrogens is 296 g/mol. The van der Waals surface area contributed by atoms with Crippen LogP contribution in [0.1, 0.15) is 46.6 Å². The summed E-state index contributed by atoms with van der Waals surface area (Å²) in [5, 5.41) is 3.76. The van der Waals surface area contributed by atoms with Gasteiger partial charge in [-0.1, -0.05) is 26.8 Å². The highest BCUT2D eigenvalue weighted by atomic mass is 15.2. The Hall–Kier alpha value is -2.23. The Morgan fingerprint density at radius 2 is 1.88 bits per heavy atom. The standard InChI is InChI=1S/C20H28N4/c1-14-9-10-16-22-17(15-8-7-11-21-15)18(24(16)12-14)23-20(5,6)13-19(2,3)4/h7-12,21,23H,13H2,1-6H3. The molecule has 3 heterocycles. The van der Waals surface area contributed by atoms with E-state index in [4.69, 9.17) is 4.98 Å². The quantitative estimate of drug-likeness (QED) is 0.687. The van der Waals surface area contributed by atoms with Gasteiger partial charge in [-0.25, -0.2) is 4.98 Å². The van der Waals surface area contributed by atoms with Gasteiger partial charge in [-0.05, 0) is 56.4 Å². The molecule has 4 nitrogen and oxygen atoms in total. The Morgan fingerprint density at radius 1 is 1.12 bits per heavy atom. The number of H-pyrrole nitrogens is 1. The highest BCUT2D eigenvalue weighted by Crippen LogP contribution is 2.34. The Labute approximate surface area is 144 Å². The molecule has 0 aliphatic rings. The van der Waals surface area contributed by atoms with Crippen molar-refractivity contribution in [3.63, 3.8) is 0 Å². The number of rotatable bonds is 4. The highest BCUT2D eigenvalue weighted by molar-refractivity contribution is 5.75. The average molecular weight is 324 g/mol. The lowest BCUT2D eigenvalue weighted by atomic mass is 9.82. The molecule has 0 bridgehead atoms. The van der Waals surface area contributed by atoms with Gasteiger partial charge in [0.1, 0.15) is 17.2 Å². The molecule has 0 aliphatic carbocycles. The third kappa shape index (κ3) is 3.48. The zero-order chi connectivity index (χ0) is 17.5. The fourth-order valence-electron chi connectivity index (χ4n) is 3.63. The lowest BCUT2D eigenvalue weighted by Crippen LogP contribution is -2.36. The largest absolute Gasteiger partial charge is 0.364 e.